The van der Waals surface area contributed by atoms with Gasteiger partial charge in [-0.15, -0.1) is 0 Å². The molecule has 0 aliphatic heterocycles. The van der Waals surface area contributed by atoms with Crippen molar-refractivity contribution in [1.29, 1.82) is 0 Å². The molecule has 0 bridgehead atoms. The fraction of sp³-hybridized carbons (Fsp3) is 0.922. The Morgan fingerprint density at radius 2 is 0.825 bits per heavy atom. The number of hydrogen-bond donors (Lipinski definition) is 3. The minimum Gasteiger partial charge on any atom is -0.466 e. The fourth-order valence-electron chi connectivity index (χ4n) is 7.87. The minimum atomic E-state index is -0.670. The summed E-state index contributed by atoms with van der Waals surface area (Å²) in [5, 5.41) is 23.1. The molecule has 338 valence electrons. The highest BCUT2D eigenvalue weighted by Crippen LogP contribution is 2.16. The number of allylic oxidation sites excluding steroid dienone is 2. The molecule has 57 heavy (non-hydrogen) atoms. The highest BCUT2D eigenvalue weighted by Gasteiger charge is 2.20. The lowest BCUT2D eigenvalue weighted by Crippen LogP contribution is -2.45. The van der Waals surface area contributed by atoms with Gasteiger partial charge in [0.2, 0.25) is 5.91 Å². The molecule has 6 nitrogen and oxygen atoms in total. The van der Waals surface area contributed by atoms with Gasteiger partial charge in [0.05, 0.1) is 25.4 Å². The van der Waals surface area contributed by atoms with E-state index in [0.717, 1.165) is 57.8 Å². The Hall–Kier alpha value is -1.40. The number of ether oxygens (including phenoxy) is 1. The monoisotopic (exact) mass is 806 g/mol. The molecule has 0 saturated carbocycles. The number of rotatable bonds is 47. The van der Waals surface area contributed by atoms with E-state index in [1.54, 1.807) is 0 Å². The van der Waals surface area contributed by atoms with Crippen LogP contribution in [0.3, 0.4) is 0 Å². The Morgan fingerprint density at radius 3 is 1.25 bits per heavy atom. The second kappa shape index (κ2) is 47.3. The Balaban J connectivity index is 3.44. The van der Waals surface area contributed by atoms with Crippen LogP contribution >= 0.6 is 0 Å². The number of hydrogen-bond acceptors (Lipinski definition) is 5. The van der Waals surface area contributed by atoms with Crippen molar-refractivity contribution in [2.24, 2.45) is 0 Å². The average molecular weight is 806 g/mol. The van der Waals surface area contributed by atoms with Gasteiger partial charge in [0.1, 0.15) is 0 Å². The summed E-state index contributed by atoms with van der Waals surface area (Å²) in [4.78, 5) is 24.4. The van der Waals surface area contributed by atoms with E-state index in [1.165, 1.54) is 186 Å². The molecule has 1 amide bonds. The number of esters is 1. The van der Waals surface area contributed by atoms with Crippen LogP contribution in [0.4, 0.5) is 0 Å². The van der Waals surface area contributed by atoms with Gasteiger partial charge < -0.3 is 20.3 Å². The highest BCUT2D eigenvalue weighted by molar-refractivity contribution is 5.76. The first-order valence-corrected chi connectivity index (χ1v) is 25.4. The van der Waals surface area contributed by atoms with Crippen LogP contribution in [0.5, 0.6) is 0 Å². The Morgan fingerprint density at radius 1 is 0.474 bits per heavy atom. The van der Waals surface area contributed by atoms with Gasteiger partial charge in [0, 0.05) is 12.8 Å². The second-order valence-electron chi connectivity index (χ2n) is 17.5. The lowest BCUT2D eigenvalue weighted by Gasteiger charge is -2.22. The fourth-order valence-corrected chi connectivity index (χ4v) is 7.87. The maximum atomic E-state index is 12.4. The summed E-state index contributed by atoms with van der Waals surface area (Å²) in [5.41, 5.74) is 0. The van der Waals surface area contributed by atoms with E-state index < -0.39 is 12.1 Å². The standard InChI is InChI=1S/C51H99NO5/c1-3-5-7-9-11-13-23-27-31-35-39-43-49(54)48(47-53)52-50(55)44-40-36-32-28-25-21-19-17-15-16-18-20-22-26-30-34-38-42-46-57-51(56)45-41-37-33-29-24-14-12-10-8-6-4-2/h17,19,48-49,53-54H,3-16,18,20-47H2,1-2H3,(H,52,55)/b19-17-. The van der Waals surface area contributed by atoms with Gasteiger partial charge >= 0.3 is 5.97 Å². The van der Waals surface area contributed by atoms with E-state index in [4.69, 9.17) is 4.74 Å². The molecule has 0 heterocycles. The maximum absolute atomic E-state index is 12.4. The second-order valence-corrected chi connectivity index (χ2v) is 17.5. The smallest absolute Gasteiger partial charge is 0.305 e. The van der Waals surface area contributed by atoms with Gasteiger partial charge in [0.15, 0.2) is 0 Å². The van der Waals surface area contributed by atoms with Gasteiger partial charge in [-0.1, -0.05) is 225 Å². The van der Waals surface area contributed by atoms with Crippen LogP contribution in [-0.4, -0.2) is 47.4 Å². The molecule has 0 saturated heterocycles. The quantitative estimate of drug-likeness (QED) is 0.0323. The molecule has 0 aromatic rings. The molecule has 0 rings (SSSR count). The van der Waals surface area contributed by atoms with E-state index in [2.05, 4.69) is 31.3 Å². The number of amides is 1. The van der Waals surface area contributed by atoms with Gasteiger partial charge in [-0.25, -0.2) is 0 Å². The van der Waals surface area contributed by atoms with Crippen LogP contribution in [0.2, 0.25) is 0 Å². The van der Waals surface area contributed by atoms with Gasteiger partial charge in [-0.3, -0.25) is 9.59 Å². The summed E-state index contributed by atoms with van der Waals surface area (Å²) in [6.07, 6.45) is 53.2. The zero-order chi connectivity index (χ0) is 41.5. The van der Waals surface area contributed by atoms with Crippen molar-refractivity contribution in [1.82, 2.24) is 5.32 Å². The third kappa shape index (κ3) is 44.0. The van der Waals surface area contributed by atoms with Crippen molar-refractivity contribution in [3.63, 3.8) is 0 Å². The first kappa shape index (κ1) is 55.6. The molecule has 0 aromatic carbocycles. The summed E-state index contributed by atoms with van der Waals surface area (Å²) in [6.45, 7) is 4.92. The molecule has 0 aromatic heterocycles. The predicted molar refractivity (Wildman–Crippen MR) is 246 cm³/mol. The maximum Gasteiger partial charge on any atom is 0.305 e. The summed E-state index contributed by atoms with van der Waals surface area (Å²) < 4.78 is 5.45. The number of aliphatic hydroxyl groups excluding tert-OH is 2. The molecule has 3 N–H and O–H groups in total. The molecule has 2 unspecified atom stereocenters. The highest BCUT2D eigenvalue weighted by atomic mass is 16.5. The van der Waals surface area contributed by atoms with Gasteiger partial charge in [-0.2, -0.15) is 0 Å². The third-order valence-corrected chi connectivity index (χ3v) is 11.8. The minimum absolute atomic E-state index is 0.00251. The number of carbonyl (C=O) groups excluding carboxylic acids is 2. The number of aliphatic hydroxyl groups is 2. The molecule has 0 spiro atoms. The van der Waals surface area contributed by atoms with Crippen LogP contribution in [-0.2, 0) is 14.3 Å². The zero-order valence-corrected chi connectivity index (χ0v) is 38.3. The van der Waals surface area contributed by atoms with Crippen LogP contribution in [0.15, 0.2) is 12.2 Å². The summed E-state index contributed by atoms with van der Waals surface area (Å²) in [6, 6.07) is -0.549. The molecule has 0 aliphatic carbocycles. The predicted octanol–water partition coefficient (Wildman–Crippen LogP) is 15.0. The van der Waals surface area contributed by atoms with Crippen molar-refractivity contribution in [2.45, 2.75) is 289 Å². The first-order chi connectivity index (χ1) is 28.0. The number of nitrogens with one attached hydrogen (secondary N) is 1. The van der Waals surface area contributed by atoms with Gasteiger partial charge in [0.25, 0.3) is 0 Å². The van der Waals surface area contributed by atoms with E-state index in [0.29, 0.717) is 25.9 Å². The van der Waals surface area contributed by atoms with Crippen molar-refractivity contribution in [3.8, 4) is 0 Å². The van der Waals surface area contributed by atoms with Gasteiger partial charge in [-0.05, 0) is 51.4 Å². The Labute approximate surface area is 355 Å². The molecule has 0 radical (unpaired) electrons. The van der Waals surface area contributed by atoms with Crippen LogP contribution in [0.1, 0.15) is 277 Å². The van der Waals surface area contributed by atoms with Crippen LogP contribution in [0, 0.1) is 0 Å². The van der Waals surface area contributed by atoms with E-state index in [1.807, 2.05) is 0 Å². The molecule has 6 heteroatoms. The Bertz CT molecular complexity index is 847. The lowest BCUT2D eigenvalue weighted by atomic mass is 10.0. The largest absolute Gasteiger partial charge is 0.466 e. The number of unbranched alkanes of at least 4 members (excludes halogenated alkanes) is 34. The topological polar surface area (TPSA) is 95.9 Å². The summed E-state index contributed by atoms with van der Waals surface area (Å²) >= 11 is 0. The average Bonchev–Trinajstić information content (AvgIpc) is 3.21. The normalized spacial score (nSPS) is 12.7. The van der Waals surface area contributed by atoms with E-state index >= 15 is 0 Å². The molecular formula is C51H99NO5. The summed E-state index contributed by atoms with van der Waals surface area (Å²) in [7, 11) is 0. The molecule has 2 atom stereocenters. The molecular weight excluding hydrogens is 707 g/mol. The molecule has 0 aliphatic rings. The lowest BCUT2D eigenvalue weighted by molar-refractivity contribution is -0.143. The first-order valence-electron chi connectivity index (χ1n) is 25.4. The van der Waals surface area contributed by atoms with Crippen molar-refractivity contribution in [2.75, 3.05) is 13.2 Å². The SMILES string of the molecule is CCCCCCCCCCCCCC(=O)OCCCCCCCCCCC/C=C\CCCCCCCC(=O)NC(CO)C(O)CCCCCCCCCCCCC. The van der Waals surface area contributed by atoms with Crippen molar-refractivity contribution in [3.05, 3.63) is 12.2 Å². The van der Waals surface area contributed by atoms with Crippen molar-refractivity contribution >= 4 is 11.9 Å². The Kier molecular flexibility index (Phi) is 46.1. The van der Waals surface area contributed by atoms with Crippen LogP contribution in [0.25, 0.3) is 0 Å². The number of carbonyl (C=O) groups is 2. The third-order valence-electron chi connectivity index (χ3n) is 11.8. The van der Waals surface area contributed by atoms with Crippen molar-refractivity contribution < 1.29 is 24.5 Å². The van der Waals surface area contributed by atoms with Crippen LogP contribution < -0.4 is 5.32 Å². The van der Waals surface area contributed by atoms with E-state index in [9.17, 15) is 19.8 Å². The zero-order valence-electron chi connectivity index (χ0n) is 38.3. The van der Waals surface area contributed by atoms with E-state index in [-0.39, 0.29) is 18.5 Å². The summed E-state index contributed by atoms with van der Waals surface area (Å²) in [5.74, 6) is -0.0476. The molecule has 0 fully saturated rings.